The van der Waals surface area contributed by atoms with E-state index in [1.165, 1.54) is 15.9 Å². The predicted octanol–water partition coefficient (Wildman–Crippen LogP) is 6.56. The van der Waals surface area contributed by atoms with Crippen LogP contribution in [0.15, 0.2) is 105 Å². The molecule has 0 aliphatic carbocycles. The summed E-state index contributed by atoms with van der Waals surface area (Å²) in [6.45, 7) is 10.1. The zero-order valence-electron chi connectivity index (χ0n) is 29.0. The van der Waals surface area contributed by atoms with Gasteiger partial charge in [-0.15, -0.1) is 0 Å². The zero-order valence-corrected chi connectivity index (χ0v) is 29.8. The molecular formula is C40H38N2O8S. The topological polar surface area (TPSA) is 119 Å². The number of benzene rings is 3. The molecule has 0 saturated carbocycles. The Balaban J connectivity index is 1.51. The second-order valence-corrected chi connectivity index (χ2v) is 12.7. The number of nitrogens with zero attached hydrogens (tertiary/aromatic N) is 2. The SMILES string of the molecule is CCOC(=O)C1=C(c2ccccc2)N=c2s/c(=C/c3ccc(-c4cccc(C(=O)OC(C)C)c4)o3)c(=O)n2[C@@H]1c1ccc(OCC)c(OCC)c1. The summed E-state index contributed by atoms with van der Waals surface area (Å²) in [5, 5.41) is 0. The molecule has 1 aliphatic heterocycles. The van der Waals surface area contributed by atoms with Gasteiger partial charge in [0.15, 0.2) is 16.3 Å². The number of ether oxygens (including phenoxy) is 4. The molecule has 6 rings (SSSR count). The fourth-order valence-corrected chi connectivity index (χ4v) is 6.77. The molecule has 11 heteroatoms. The summed E-state index contributed by atoms with van der Waals surface area (Å²) >= 11 is 1.19. The minimum atomic E-state index is -0.895. The Morgan fingerprint density at radius 2 is 1.61 bits per heavy atom. The van der Waals surface area contributed by atoms with Crippen LogP contribution in [0.2, 0.25) is 0 Å². The number of rotatable bonds is 12. The Kier molecular flexibility index (Phi) is 10.7. The molecule has 0 amide bonds. The maximum atomic E-state index is 14.4. The second kappa shape index (κ2) is 15.5. The first kappa shape index (κ1) is 35.2. The van der Waals surface area contributed by atoms with Gasteiger partial charge < -0.3 is 23.4 Å². The smallest absolute Gasteiger partial charge is 0.338 e. The lowest BCUT2D eigenvalue weighted by molar-refractivity contribution is -0.138. The third-order valence-corrected chi connectivity index (χ3v) is 8.87. The summed E-state index contributed by atoms with van der Waals surface area (Å²) in [7, 11) is 0. The maximum absolute atomic E-state index is 14.4. The van der Waals surface area contributed by atoms with Gasteiger partial charge in [-0.3, -0.25) is 9.36 Å². The van der Waals surface area contributed by atoms with Crippen LogP contribution in [-0.2, 0) is 14.3 Å². The van der Waals surface area contributed by atoms with Crippen molar-refractivity contribution in [1.82, 2.24) is 4.57 Å². The van der Waals surface area contributed by atoms with E-state index in [-0.39, 0.29) is 23.8 Å². The van der Waals surface area contributed by atoms with E-state index in [2.05, 4.69) is 0 Å². The van der Waals surface area contributed by atoms with E-state index in [9.17, 15) is 14.4 Å². The molecule has 0 fully saturated rings. The highest BCUT2D eigenvalue weighted by Crippen LogP contribution is 2.39. The van der Waals surface area contributed by atoms with Crippen molar-refractivity contribution in [2.45, 2.75) is 46.8 Å². The molecule has 10 nitrogen and oxygen atoms in total. The highest BCUT2D eigenvalue weighted by atomic mass is 32.1. The summed E-state index contributed by atoms with van der Waals surface area (Å²) < 4.78 is 30.7. The van der Waals surface area contributed by atoms with E-state index < -0.39 is 18.0 Å². The zero-order chi connectivity index (χ0) is 36.1. The molecule has 3 heterocycles. The molecule has 5 aromatic rings. The summed E-state index contributed by atoms with van der Waals surface area (Å²) in [6.07, 6.45) is 1.41. The first-order valence-electron chi connectivity index (χ1n) is 16.8. The lowest BCUT2D eigenvalue weighted by Crippen LogP contribution is -2.40. The standard InChI is InChI=1S/C40H38N2O8S/c1-6-46-31-19-17-27(22-32(31)47-7-2)36-34(39(45)48-8-3)35(25-13-10-9-11-14-25)41-40-42(36)37(43)33(51-40)23-29-18-20-30(50-29)26-15-12-16-28(21-26)38(44)49-24(4)5/h9-24,36H,6-8H2,1-5H3/b33-23+/t36-/m1/s1. The van der Waals surface area contributed by atoms with E-state index in [1.54, 1.807) is 69.3 Å². The molecule has 0 radical (unpaired) electrons. The number of hydrogen-bond acceptors (Lipinski definition) is 10. The molecule has 0 N–H and O–H groups in total. The minimum Gasteiger partial charge on any atom is -0.490 e. The Morgan fingerprint density at radius 3 is 2.33 bits per heavy atom. The van der Waals surface area contributed by atoms with Crippen molar-refractivity contribution in [3.8, 4) is 22.8 Å². The van der Waals surface area contributed by atoms with Gasteiger partial charge in [0.2, 0.25) is 0 Å². The summed E-state index contributed by atoms with van der Waals surface area (Å²) in [4.78, 5) is 46.1. The highest BCUT2D eigenvalue weighted by molar-refractivity contribution is 7.07. The van der Waals surface area contributed by atoms with E-state index in [4.69, 9.17) is 28.4 Å². The van der Waals surface area contributed by atoms with Gasteiger partial charge in [-0.25, -0.2) is 14.6 Å². The molecule has 3 aromatic carbocycles. The normalized spacial score (nSPS) is 14.2. The van der Waals surface area contributed by atoms with Crippen LogP contribution in [0, 0.1) is 0 Å². The van der Waals surface area contributed by atoms with Crippen LogP contribution in [0.1, 0.15) is 67.9 Å². The molecule has 262 valence electrons. The number of carbonyl (C=O) groups excluding carboxylic acids is 2. The maximum Gasteiger partial charge on any atom is 0.338 e. The fraction of sp³-hybridized carbons (Fsp3) is 0.250. The van der Waals surface area contributed by atoms with Crippen molar-refractivity contribution in [3.63, 3.8) is 0 Å². The quantitative estimate of drug-likeness (QED) is 0.134. The predicted molar refractivity (Wildman–Crippen MR) is 195 cm³/mol. The third kappa shape index (κ3) is 7.44. The molecule has 51 heavy (non-hydrogen) atoms. The van der Waals surface area contributed by atoms with Crippen LogP contribution in [-0.4, -0.2) is 42.4 Å². The number of esters is 2. The number of aromatic nitrogens is 1. The first-order chi connectivity index (χ1) is 24.7. The van der Waals surface area contributed by atoms with Gasteiger partial charge in [-0.05, 0) is 76.6 Å². The van der Waals surface area contributed by atoms with Crippen LogP contribution in [0.4, 0.5) is 0 Å². The summed E-state index contributed by atoms with van der Waals surface area (Å²) in [5.74, 6) is 0.977. The molecule has 2 aromatic heterocycles. The van der Waals surface area contributed by atoms with Crippen molar-refractivity contribution in [3.05, 3.63) is 133 Å². The van der Waals surface area contributed by atoms with Crippen molar-refractivity contribution in [2.75, 3.05) is 19.8 Å². The first-order valence-corrected chi connectivity index (χ1v) is 17.6. The summed E-state index contributed by atoms with van der Waals surface area (Å²) in [6, 6.07) is 24.4. The van der Waals surface area contributed by atoms with E-state index in [0.29, 0.717) is 73.5 Å². The van der Waals surface area contributed by atoms with E-state index >= 15 is 0 Å². The molecule has 1 aliphatic rings. The Hall–Kier alpha value is -5.68. The number of furan rings is 1. The summed E-state index contributed by atoms with van der Waals surface area (Å²) in [5.41, 5.74) is 2.69. The lowest BCUT2D eigenvalue weighted by atomic mass is 9.93. The second-order valence-electron chi connectivity index (χ2n) is 11.7. The van der Waals surface area contributed by atoms with E-state index in [1.807, 2.05) is 56.3 Å². The monoisotopic (exact) mass is 706 g/mol. The average molecular weight is 707 g/mol. The van der Waals surface area contributed by atoms with Crippen LogP contribution >= 0.6 is 11.3 Å². The van der Waals surface area contributed by atoms with Crippen molar-refractivity contribution >= 4 is 35.0 Å². The molecule has 0 unspecified atom stereocenters. The van der Waals surface area contributed by atoms with Gasteiger partial charge in [0.1, 0.15) is 11.5 Å². The van der Waals surface area contributed by atoms with Crippen LogP contribution in [0.25, 0.3) is 23.1 Å². The van der Waals surface area contributed by atoms with Crippen molar-refractivity contribution in [1.29, 1.82) is 0 Å². The minimum absolute atomic E-state index is 0.137. The van der Waals surface area contributed by atoms with Crippen LogP contribution < -0.4 is 24.4 Å². The van der Waals surface area contributed by atoms with Crippen molar-refractivity contribution < 1.29 is 33.0 Å². The van der Waals surface area contributed by atoms with Gasteiger partial charge in [-0.1, -0.05) is 59.9 Å². The van der Waals surface area contributed by atoms with E-state index in [0.717, 1.165) is 0 Å². The number of fused-ring (bicyclic) bond motifs is 1. The molecule has 0 spiro atoms. The van der Waals surface area contributed by atoms with Gasteiger partial charge in [0.25, 0.3) is 5.56 Å². The van der Waals surface area contributed by atoms with Crippen LogP contribution in [0.5, 0.6) is 11.5 Å². The Labute approximate surface area is 298 Å². The molecule has 0 bridgehead atoms. The molecular weight excluding hydrogens is 669 g/mol. The Bertz CT molecular complexity index is 2280. The average Bonchev–Trinajstić information content (AvgIpc) is 3.72. The van der Waals surface area contributed by atoms with Crippen LogP contribution in [0.3, 0.4) is 0 Å². The lowest BCUT2D eigenvalue weighted by Gasteiger charge is -2.26. The largest absolute Gasteiger partial charge is 0.490 e. The fourth-order valence-electron chi connectivity index (χ4n) is 5.79. The number of thiazole rings is 1. The van der Waals surface area contributed by atoms with Crippen molar-refractivity contribution in [2.24, 2.45) is 4.99 Å². The highest BCUT2D eigenvalue weighted by Gasteiger charge is 2.35. The molecule has 0 saturated heterocycles. The third-order valence-electron chi connectivity index (χ3n) is 7.88. The Morgan fingerprint density at radius 1 is 0.863 bits per heavy atom. The van der Waals surface area contributed by atoms with Gasteiger partial charge >= 0.3 is 11.9 Å². The number of carbonyl (C=O) groups is 2. The van der Waals surface area contributed by atoms with Gasteiger partial charge in [-0.2, -0.15) is 0 Å². The van der Waals surface area contributed by atoms with Gasteiger partial charge in [0, 0.05) is 17.2 Å². The number of hydrogen-bond donors (Lipinski definition) is 0. The van der Waals surface area contributed by atoms with Gasteiger partial charge in [0.05, 0.1) is 53.3 Å². The molecule has 1 atom stereocenters.